The van der Waals surface area contributed by atoms with Crippen molar-refractivity contribution in [2.45, 2.75) is 44.6 Å². The van der Waals surface area contributed by atoms with E-state index >= 15 is 0 Å². The predicted octanol–water partition coefficient (Wildman–Crippen LogP) is 5.87. The predicted molar refractivity (Wildman–Crippen MR) is 139 cm³/mol. The lowest BCUT2D eigenvalue weighted by atomic mass is 10.0. The highest BCUT2D eigenvalue weighted by atomic mass is 32.1. The van der Waals surface area contributed by atoms with Gasteiger partial charge >= 0.3 is 6.18 Å². The van der Waals surface area contributed by atoms with E-state index in [9.17, 15) is 18.0 Å². The number of hydrogen-bond acceptors (Lipinski definition) is 6. The Kier molecular flexibility index (Phi) is 7.31. The van der Waals surface area contributed by atoms with Gasteiger partial charge in [-0.25, -0.2) is 4.98 Å². The first-order valence-corrected chi connectivity index (χ1v) is 13.1. The molecule has 2 atom stereocenters. The highest BCUT2D eigenvalue weighted by Crippen LogP contribution is 2.39. The number of aromatic nitrogens is 2. The van der Waals surface area contributed by atoms with Crippen molar-refractivity contribution in [1.29, 1.82) is 0 Å². The molecular weight excluding hydrogens is 517 g/mol. The molecule has 0 spiro atoms. The molecule has 0 aliphatic carbocycles. The fraction of sp³-hybridized carbons (Fsp3) is 0.333. The van der Waals surface area contributed by atoms with E-state index in [0.717, 1.165) is 60.8 Å². The van der Waals surface area contributed by atoms with Crippen LogP contribution < -0.4 is 20.5 Å². The first-order chi connectivity index (χ1) is 18.2. The number of thiophene rings is 1. The molecule has 0 bridgehead atoms. The Labute approximate surface area is 221 Å². The van der Waals surface area contributed by atoms with Gasteiger partial charge in [-0.15, -0.1) is 11.3 Å². The number of benzene rings is 2. The number of fused-ring (bicyclic) bond motifs is 1. The molecule has 0 saturated carbocycles. The lowest BCUT2D eigenvalue weighted by molar-refractivity contribution is -0.139. The molecule has 1 aliphatic heterocycles. The smallest absolute Gasteiger partial charge is 0.416 e. The summed E-state index contributed by atoms with van der Waals surface area (Å²) in [6, 6.07) is 12.5. The fourth-order valence-corrected chi connectivity index (χ4v) is 5.56. The number of imidazole rings is 1. The van der Waals surface area contributed by atoms with E-state index in [0.29, 0.717) is 10.8 Å². The molecule has 3 N–H and O–H groups in total. The molecule has 2 aromatic carbocycles. The maximum absolute atomic E-state index is 13.5. The molecular formula is C27H27F3N4O3S. The molecule has 200 valence electrons. The molecule has 2 aromatic heterocycles. The second-order valence-electron chi connectivity index (χ2n) is 9.17. The second-order valence-corrected chi connectivity index (χ2v) is 10.2. The van der Waals surface area contributed by atoms with Gasteiger partial charge in [-0.3, -0.25) is 9.36 Å². The maximum Gasteiger partial charge on any atom is 0.416 e. The molecule has 0 radical (unpaired) electrons. The van der Waals surface area contributed by atoms with Crippen LogP contribution in [0.15, 0.2) is 54.9 Å². The van der Waals surface area contributed by atoms with Crippen LogP contribution in [0.2, 0.25) is 0 Å². The molecule has 0 unspecified atom stereocenters. The van der Waals surface area contributed by atoms with Gasteiger partial charge < -0.3 is 20.5 Å². The van der Waals surface area contributed by atoms with Gasteiger partial charge in [0.25, 0.3) is 5.91 Å². The average molecular weight is 545 g/mol. The van der Waals surface area contributed by atoms with Gasteiger partial charge in [0.1, 0.15) is 33.8 Å². The third kappa shape index (κ3) is 5.48. The van der Waals surface area contributed by atoms with Crippen LogP contribution >= 0.6 is 11.3 Å². The first-order valence-electron chi connectivity index (χ1n) is 12.3. The zero-order valence-electron chi connectivity index (χ0n) is 20.6. The number of alkyl halides is 3. The number of carbonyl (C=O) groups is 1. The highest BCUT2D eigenvalue weighted by molar-refractivity contribution is 7.16. The molecule has 5 rings (SSSR count). The summed E-state index contributed by atoms with van der Waals surface area (Å²) in [6.07, 6.45) is -0.862. The largest absolute Gasteiger partial charge is 0.490 e. The van der Waals surface area contributed by atoms with Gasteiger partial charge in [-0.1, -0.05) is 18.2 Å². The number of nitrogens with one attached hydrogen (secondary N) is 1. The zero-order chi connectivity index (χ0) is 26.9. The Morgan fingerprint density at radius 1 is 1.18 bits per heavy atom. The van der Waals surface area contributed by atoms with Gasteiger partial charge in [-0.05, 0) is 57.5 Å². The minimum absolute atomic E-state index is 0.0354. The molecule has 7 nitrogen and oxygen atoms in total. The van der Waals surface area contributed by atoms with Crippen LogP contribution in [0.1, 0.15) is 53.1 Å². The van der Waals surface area contributed by atoms with Crippen molar-refractivity contribution < 1.29 is 27.4 Å². The lowest BCUT2D eigenvalue weighted by Crippen LogP contribution is -2.19. The summed E-state index contributed by atoms with van der Waals surface area (Å²) in [4.78, 5) is 16.8. The number of ether oxygens (including phenoxy) is 2. The van der Waals surface area contributed by atoms with Gasteiger partial charge in [0, 0.05) is 17.7 Å². The van der Waals surface area contributed by atoms with Crippen molar-refractivity contribution in [2.24, 2.45) is 5.73 Å². The van der Waals surface area contributed by atoms with Crippen molar-refractivity contribution in [1.82, 2.24) is 14.9 Å². The van der Waals surface area contributed by atoms with E-state index < -0.39 is 23.8 Å². The molecule has 11 heteroatoms. The van der Waals surface area contributed by atoms with Crippen LogP contribution in [0.25, 0.3) is 16.0 Å². The van der Waals surface area contributed by atoms with Crippen molar-refractivity contribution in [2.75, 3.05) is 13.1 Å². The Bertz CT molecular complexity index is 1440. The number of primary amides is 1. The Morgan fingerprint density at radius 3 is 2.79 bits per heavy atom. The van der Waals surface area contributed by atoms with E-state index in [2.05, 4.69) is 10.3 Å². The molecule has 38 heavy (non-hydrogen) atoms. The van der Waals surface area contributed by atoms with E-state index in [1.807, 2.05) is 18.2 Å². The van der Waals surface area contributed by atoms with E-state index in [1.54, 1.807) is 17.0 Å². The minimum atomic E-state index is -4.54. The summed E-state index contributed by atoms with van der Waals surface area (Å²) in [6.45, 7) is 3.40. The minimum Gasteiger partial charge on any atom is -0.490 e. The van der Waals surface area contributed by atoms with Crippen LogP contribution in [-0.4, -0.2) is 34.7 Å². The van der Waals surface area contributed by atoms with E-state index in [-0.39, 0.29) is 22.3 Å². The Balaban J connectivity index is 1.45. The normalized spacial score (nSPS) is 17.2. The van der Waals surface area contributed by atoms with Crippen molar-refractivity contribution in [3.05, 3.63) is 70.9 Å². The van der Waals surface area contributed by atoms with Crippen LogP contribution in [-0.2, 0) is 6.18 Å². The molecule has 3 heterocycles. The lowest BCUT2D eigenvalue weighted by Gasteiger charge is -2.19. The molecule has 1 amide bonds. The SMILES string of the molecule is C[C@@H](Oc1cc(-n2cnc3ccc(O[C@@H]4CCCNCC4)cc32)sc1C(N)=O)c1ccccc1C(F)(F)F. The molecule has 4 aromatic rings. The molecule has 1 aliphatic rings. The summed E-state index contributed by atoms with van der Waals surface area (Å²) in [5.41, 5.74) is 6.27. The van der Waals surface area contributed by atoms with Crippen molar-refractivity contribution in [3.8, 4) is 16.5 Å². The van der Waals surface area contributed by atoms with Crippen LogP contribution in [0, 0.1) is 0 Å². The summed E-state index contributed by atoms with van der Waals surface area (Å²) in [7, 11) is 0. The monoisotopic (exact) mass is 544 g/mol. The average Bonchev–Trinajstić information content (AvgIpc) is 3.40. The first kappa shape index (κ1) is 26.1. The fourth-order valence-electron chi connectivity index (χ4n) is 4.64. The van der Waals surface area contributed by atoms with Crippen LogP contribution in [0.4, 0.5) is 13.2 Å². The van der Waals surface area contributed by atoms with E-state index in [4.69, 9.17) is 15.2 Å². The number of nitrogens with two attached hydrogens (primary N) is 1. The number of amides is 1. The quantitative estimate of drug-likeness (QED) is 0.304. The second kappa shape index (κ2) is 10.7. The number of hydrogen-bond donors (Lipinski definition) is 2. The van der Waals surface area contributed by atoms with Crippen molar-refractivity contribution in [3.63, 3.8) is 0 Å². The summed E-state index contributed by atoms with van der Waals surface area (Å²) in [5.74, 6) is 0.0943. The van der Waals surface area contributed by atoms with Crippen molar-refractivity contribution >= 4 is 28.3 Å². The number of nitrogens with zero attached hydrogens (tertiary/aromatic N) is 2. The summed E-state index contributed by atoms with van der Waals surface area (Å²) < 4.78 is 54.6. The topological polar surface area (TPSA) is 91.4 Å². The third-order valence-corrected chi connectivity index (χ3v) is 7.63. The van der Waals surface area contributed by atoms with Gasteiger partial charge in [0.2, 0.25) is 0 Å². The number of carbonyl (C=O) groups excluding carboxylic acids is 1. The van der Waals surface area contributed by atoms with Gasteiger partial charge in [0.05, 0.1) is 22.7 Å². The van der Waals surface area contributed by atoms with Crippen LogP contribution in [0.3, 0.4) is 0 Å². The van der Waals surface area contributed by atoms with E-state index in [1.165, 1.54) is 25.1 Å². The summed E-state index contributed by atoms with van der Waals surface area (Å²) >= 11 is 1.08. The standard InChI is InChI=1S/C27H27F3N4O3S/c1-16(19-6-2-3-7-20(19)27(28,29)30)36-23-14-24(38-25(23)26(31)35)34-15-33-21-9-8-18(13-22(21)34)37-17-5-4-11-32-12-10-17/h2-3,6-9,13-17,32H,4-5,10-12H2,1H3,(H2,31,35)/t16-,17-/m1/s1. The Morgan fingerprint density at radius 2 is 2.00 bits per heavy atom. The maximum atomic E-state index is 13.5. The third-order valence-electron chi connectivity index (χ3n) is 6.50. The number of rotatable bonds is 7. The number of halogens is 3. The highest BCUT2D eigenvalue weighted by Gasteiger charge is 2.35. The van der Waals surface area contributed by atoms with Gasteiger partial charge in [0.15, 0.2) is 0 Å². The molecule has 1 fully saturated rings. The molecule has 1 saturated heterocycles. The van der Waals surface area contributed by atoms with Crippen LogP contribution in [0.5, 0.6) is 11.5 Å². The summed E-state index contributed by atoms with van der Waals surface area (Å²) in [5, 5.41) is 3.96. The van der Waals surface area contributed by atoms with Gasteiger partial charge in [-0.2, -0.15) is 13.2 Å². The Hall–Kier alpha value is -3.57. The zero-order valence-corrected chi connectivity index (χ0v) is 21.4.